The summed E-state index contributed by atoms with van der Waals surface area (Å²) in [6, 6.07) is 1.46. The molecular weight excluding hydrogens is 260 g/mol. The van der Waals surface area contributed by atoms with Gasteiger partial charge in [0.1, 0.15) is 0 Å². The van der Waals surface area contributed by atoms with Crippen molar-refractivity contribution in [2.24, 2.45) is 0 Å². The van der Waals surface area contributed by atoms with E-state index in [0.29, 0.717) is 13.2 Å². The molecule has 1 fully saturated rings. The van der Waals surface area contributed by atoms with Crippen LogP contribution in [0.15, 0.2) is 0 Å². The molecule has 1 saturated heterocycles. The molecule has 1 heterocycles. The Bertz CT molecular complexity index is 161. The quantitative estimate of drug-likeness (QED) is 0.331. The molecule has 19 heavy (non-hydrogen) atoms. The number of hydrogen-bond acceptors (Lipinski definition) is 5. The molecule has 0 spiro atoms. The van der Waals surface area contributed by atoms with Crippen molar-refractivity contribution in [1.82, 2.24) is 9.80 Å². The SMILES string of the molecule is CCO.CCOOCC.CN1CCN(CCC[SiH3])C1. The fraction of sp³-hybridized carbons (Fsp3) is 1.00. The van der Waals surface area contributed by atoms with E-state index in [-0.39, 0.29) is 6.61 Å². The van der Waals surface area contributed by atoms with E-state index in [0.717, 1.165) is 0 Å². The smallest absolute Gasteiger partial charge is 0.0794 e. The highest BCUT2D eigenvalue weighted by Gasteiger charge is 2.14. The van der Waals surface area contributed by atoms with Gasteiger partial charge in [-0.25, -0.2) is 9.78 Å². The highest BCUT2D eigenvalue weighted by molar-refractivity contribution is 6.08. The number of likely N-dealkylation sites (N-methyl/N-ethyl adjacent to an activating group) is 1. The topological polar surface area (TPSA) is 45.2 Å². The largest absolute Gasteiger partial charge is 0.397 e. The van der Waals surface area contributed by atoms with E-state index in [1.165, 1.54) is 49.0 Å². The molecule has 0 atom stereocenters. The fourth-order valence-corrected chi connectivity index (χ4v) is 1.84. The van der Waals surface area contributed by atoms with Crippen LogP contribution in [0.5, 0.6) is 0 Å². The van der Waals surface area contributed by atoms with E-state index in [4.69, 9.17) is 5.11 Å². The predicted octanol–water partition coefficient (Wildman–Crippen LogP) is 0.338. The van der Waals surface area contributed by atoms with Crippen LogP contribution in [0.3, 0.4) is 0 Å². The average Bonchev–Trinajstić information content (AvgIpc) is 2.81. The lowest BCUT2D eigenvalue weighted by Crippen LogP contribution is -2.23. The summed E-state index contributed by atoms with van der Waals surface area (Å²) in [6.45, 7) is 12.0. The monoisotopic (exact) mass is 294 g/mol. The molecule has 0 radical (unpaired) electrons. The molecule has 1 N–H and O–H groups in total. The first-order chi connectivity index (χ1) is 9.15. The Morgan fingerprint density at radius 3 is 1.95 bits per heavy atom. The van der Waals surface area contributed by atoms with Crippen LogP contribution in [0.1, 0.15) is 27.2 Å². The number of rotatable bonds is 6. The normalized spacial score (nSPS) is 15.6. The Labute approximate surface area is 122 Å². The van der Waals surface area contributed by atoms with Crippen LogP contribution < -0.4 is 0 Å². The molecule has 0 aromatic rings. The summed E-state index contributed by atoms with van der Waals surface area (Å²) in [5.74, 6) is 0. The van der Waals surface area contributed by atoms with Gasteiger partial charge in [-0.05, 0) is 40.8 Å². The highest BCUT2D eigenvalue weighted by atomic mass is 28.1. The van der Waals surface area contributed by atoms with Crippen molar-refractivity contribution in [3.63, 3.8) is 0 Å². The molecule has 0 aromatic carbocycles. The van der Waals surface area contributed by atoms with Gasteiger partial charge in [0.15, 0.2) is 0 Å². The summed E-state index contributed by atoms with van der Waals surface area (Å²) in [5.41, 5.74) is 0. The van der Waals surface area contributed by atoms with Crippen LogP contribution in [0.4, 0.5) is 0 Å². The molecule has 6 heteroatoms. The maximum absolute atomic E-state index is 7.57. The van der Waals surface area contributed by atoms with Gasteiger partial charge in [0, 0.05) is 29.9 Å². The van der Waals surface area contributed by atoms with Gasteiger partial charge in [0.05, 0.1) is 19.9 Å². The van der Waals surface area contributed by atoms with Crippen molar-refractivity contribution in [2.45, 2.75) is 33.2 Å². The Balaban J connectivity index is 0. The molecule has 0 bridgehead atoms. The van der Waals surface area contributed by atoms with Crippen LogP contribution >= 0.6 is 0 Å². The van der Waals surface area contributed by atoms with Crippen LogP contribution in [-0.4, -0.2) is 78.3 Å². The Kier molecular flexibility index (Phi) is 20.2. The summed E-state index contributed by atoms with van der Waals surface area (Å²) in [7, 11) is 3.57. The number of nitrogens with zero attached hydrogens (tertiary/aromatic N) is 2. The first kappa shape index (κ1) is 21.3. The van der Waals surface area contributed by atoms with E-state index >= 15 is 0 Å². The van der Waals surface area contributed by atoms with Gasteiger partial charge in [-0.15, -0.1) is 0 Å². The van der Waals surface area contributed by atoms with E-state index in [9.17, 15) is 0 Å². The average molecular weight is 295 g/mol. The molecule has 0 amide bonds. The van der Waals surface area contributed by atoms with Gasteiger partial charge in [-0.3, -0.25) is 9.80 Å². The third kappa shape index (κ3) is 18.0. The summed E-state index contributed by atoms with van der Waals surface area (Å²) in [6.07, 6.45) is 1.42. The Hall–Kier alpha value is 0.0169. The van der Waals surface area contributed by atoms with E-state index in [1.807, 2.05) is 13.8 Å². The lowest BCUT2D eigenvalue weighted by molar-refractivity contribution is -0.287. The van der Waals surface area contributed by atoms with Crippen molar-refractivity contribution in [2.75, 3.05) is 53.2 Å². The first-order valence-corrected chi connectivity index (χ1v) is 8.83. The second-order valence-electron chi connectivity index (χ2n) is 4.32. The lowest BCUT2D eigenvalue weighted by Gasteiger charge is -2.13. The van der Waals surface area contributed by atoms with Crippen molar-refractivity contribution in [1.29, 1.82) is 0 Å². The van der Waals surface area contributed by atoms with Gasteiger partial charge in [-0.1, -0.05) is 6.04 Å². The Morgan fingerprint density at radius 1 is 1.11 bits per heavy atom. The molecule has 0 aromatic heterocycles. The van der Waals surface area contributed by atoms with Gasteiger partial charge in [0.2, 0.25) is 0 Å². The molecule has 0 saturated carbocycles. The molecule has 0 unspecified atom stereocenters. The Morgan fingerprint density at radius 2 is 1.63 bits per heavy atom. The van der Waals surface area contributed by atoms with Gasteiger partial charge < -0.3 is 5.11 Å². The predicted molar refractivity (Wildman–Crippen MR) is 84.4 cm³/mol. The van der Waals surface area contributed by atoms with Crippen LogP contribution in [-0.2, 0) is 9.78 Å². The molecular formula is C13H34N2O3Si. The zero-order chi connectivity index (χ0) is 14.9. The van der Waals surface area contributed by atoms with E-state index in [1.54, 1.807) is 6.92 Å². The minimum atomic E-state index is 0.250. The molecule has 1 rings (SSSR count). The summed E-state index contributed by atoms with van der Waals surface area (Å²) >= 11 is 0. The second kappa shape index (κ2) is 18.0. The van der Waals surface area contributed by atoms with Crippen molar-refractivity contribution in [3.8, 4) is 0 Å². The maximum atomic E-state index is 7.57. The number of aliphatic hydroxyl groups excluding tert-OH is 1. The van der Waals surface area contributed by atoms with E-state index < -0.39 is 0 Å². The van der Waals surface area contributed by atoms with Crippen LogP contribution in [0.25, 0.3) is 0 Å². The maximum Gasteiger partial charge on any atom is 0.0794 e. The second-order valence-corrected chi connectivity index (χ2v) is 5.32. The summed E-state index contributed by atoms with van der Waals surface area (Å²) < 4.78 is 0. The lowest BCUT2D eigenvalue weighted by atomic mass is 10.4. The minimum absolute atomic E-state index is 0.250. The van der Waals surface area contributed by atoms with Gasteiger partial charge in [-0.2, -0.15) is 0 Å². The minimum Gasteiger partial charge on any atom is -0.397 e. The third-order valence-corrected chi connectivity index (χ3v) is 3.09. The molecule has 1 aliphatic heterocycles. The van der Waals surface area contributed by atoms with Gasteiger partial charge >= 0.3 is 0 Å². The number of aliphatic hydroxyl groups is 1. The van der Waals surface area contributed by atoms with Crippen LogP contribution in [0, 0.1) is 0 Å². The van der Waals surface area contributed by atoms with Crippen molar-refractivity contribution >= 4 is 10.2 Å². The summed E-state index contributed by atoms with van der Waals surface area (Å²) in [4.78, 5) is 13.9. The van der Waals surface area contributed by atoms with Crippen molar-refractivity contribution < 1.29 is 14.9 Å². The van der Waals surface area contributed by atoms with Gasteiger partial charge in [0.25, 0.3) is 0 Å². The number of hydrogen-bond donors (Lipinski definition) is 1. The molecule has 118 valence electrons. The highest BCUT2D eigenvalue weighted by Crippen LogP contribution is 2.02. The van der Waals surface area contributed by atoms with Crippen molar-refractivity contribution in [3.05, 3.63) is 0 Å². The molecule has 5 nitrogen and oxygen atoms in total. The molecule has 1 aliphatic rings. The zero-order valence-corrected chi connectivity index (χ0v) is 15.5. The van der Waals surface area contributed by atoms with Crippen LogP contribution in [0.2, 0.25) is 6.04 Å². The zero-order valence-electron chi connectivity index (χ0n) is 13.5. The van der Waals surface area contributed by atoms with E-state index in [2.05, 4.69) is 26.6 Å². The first-order valence-electron chi connectivity index (χ1n) is 7.42. The molecule has 0 aliphatic carbocycles. The fourth-order valence-electron chi connectivity index (χ4n) is 1.53. The standard InChI is InChI=1S/C7H18N2Si.C4H10O2.C2H6O/c1-8-4-5-9(7-8)3-2-6-10;1-3-5-6-4-2;1-2-3/h2-7H2,1,10H3;3-4H2,1-2H3;3H,2H2,1H3. The third-order valence-electron chi connectivity index (χ3n) is 2.39. The summed E-state index contributed by atoms with van der Waals surface area (Å²) in [5, 5.41) is 7.57.